The van der Waals surface area contributed by atoms with Gasteiger partial charge in [0.2, 0.25) is 0 Å². The molecule has 0 bridgehead atoms. The van der Waals surface area contributed by atoms with Crippen LogP contribution >= 0.6 is 0 Å². The fourth-order valence-corrected chi connectivity index (χ4v) is 0. The molecule has 0 rings (SSSR count). The molecule has 0 N–H and O–H groups in total. The van der Waals surface area contributed by atoms with Crippen molar-refractivity contribution in [2.24, 2.45) is 0 Å². The topological polar surface area (TPSA) is 120 Å². The van der Waals surface area contributed by atoms with Gasteiger partial charge in [-0.25, -0.2) is 0 Å². The first-order valence-corrected chi connectivity index (χ1v) is 3.67. The van der Waals surface area contributed by atoms with Gasteiger partial charge in [-0.1, -0.05) is 0 Å². The van der Waals surface area contributed by atoms with Crippen LogP contribution in [0.2, 0.25) is 0 Å². The third-order valence-electron chi connectivity index (χ3n) is 0. The molecule has 0 aromatic heterocycles. The molecule has 10 heteroatoms. The molecule has 10 heavy (non-hydrogen) atoms. The van der Waals surface area contributed by atoms with Crippen molar-refractivity contribution in [1.82, 2.24) is 0 Å². The first-order chi connectivity index (χ1) is 4.24. The maximum Gasteiger partial charge on any atom is 3.00 e. The van der Waals surface area contributed by atoms with Gasteiger partial charge in [0.1, 0.15) is 0 Å². The van der Waals surface area contributed by atoms with Gasteiger partial charge >= 0.3 is 17.4 Å². The van der Waals surface area contributed by atoms with Gasteiger partial charge in [-0.15, -0.1) is 0 Å². The molecule has 0 fully saturated rings. The molecule has 3 radical (unpaired) electrons. The smallest absolute Gasteiger partial charge is 0.585 e. The Bertz CT molecular complexity index is 49.7. The van der Waals surface area contributed by atoms with E-state index in [1.54, 1.807) is 0 Å². The summed E-state index contributed by atoms with van der Waals surface area (Å²) in [5, 5.41) is 0. The van der Waals surface area contributed by atoms with Crippen LogP contribution in [-0.4, -0.2) is 46.3 Å². The molecule has 0 heterocycles. The van der Waals surface area contributed by atoms with Gasteiger partial charge in [-0.3, -0.25) is 0 Å². The Morgan fingerprint density at radius 3 is 0.700 bits per heavy atom. The summed E-state index contributed by atoms with van der Waals surface area (Å²) in [6.07, 6.45) is 0. The van der Waals surface area contributed by atoms with Crippen molar-refractivity contribution in [1.29, 1.82) is 0 Å². The number of rotatable bonds is 0. The molecule has 6 nitrogen and oxygen atoms in total. The van der Waals surface area contributed by atoms with E-state index in [4.69, 9.17) is 27.8 Å². The van der Waals surface area contributed by atoms with E-state index in [0.29, 0.717) is 0 Å². The van der Waals surface area contributed by atoms with E-state index in [1.807, 2.05) is 0 Å². The Labute approximate surface area is 74.4 Å². The molecule has 0 spiro atoms. The summed E-state index contributed by atoms with van der Waals surface area (Å²) in [5.74, 6) is 0. The summed E-state index contributed by atoms with van der Waals surface area (Å²) in [6, 6.07) is 0. The van der Waals surface area contributed by atoms with Crippen molar-refractivity contribution < 1.29 is 27.8 Å². The molecule has 0 atom stereocenters. The average Bonchev–Trinajstić information content (AvgIpc) is 1.70. The quantitative estimate of drug-likeness (QED) is 0.365. The van der Waals surface area contributed by atoms with Gasteiger partial charge in [0, 0.05) is 0 Å². The molecule has 0 unspecified atom stereocenters. The Balaban J connectivity index is -0.0000000257. The van der Waals surface area contributed by atoms with Crippen LogP contribution in [-0.2, 0) is 13.4 Å². The van der Waals surface area contributed by atoms with Crippen LogP contribution in [0.25, 0.3) is 0 Å². The van der Waals surface area contributed by atoms with Crippen LogP contribution in [0, 0.1) is 0 Å². The van der Waals surface area contributed by atoms with Gasteiger partial charge in [0.15, 0.2) is 28.9 Å². The van der Waals surface area contributed by atoms with Gasteiger partial charge < -0.3 is 27.8 Å². The second-order valence-electron chi connectivity index (χ2n) is 0.250. The summed E-state index contributed by atoms with van der Waals surface area (Å²) in [7, 11) is -4.25. The van der Waals surface area contributed by atoms with E-state index in [-0.39, 0.29) is 17.4 Å². The first-order valence-electron chi connectivity index (χ1n) is 1.22. The van der Waals surface area contributed by atoms with Crippen molar-refractivity contribution in [3.63, 3.8) is 0 Å². The van der Waals surface area contributed by atoms with Crippen LogP contribution in [0.1, 0.15) is 0 Å². The van der Waals surface area contributed by atoms with Crippen LogP contribution in [0.4, 0.5) is 0 Å². The molecule has 0 aromatic rings. The summed E-state index contributed by atoms with van der Waals surface area (Å²) >= 11 is 0. The van der Waals surface area contributed by atoms with Gasteiger partial charge in [0.25, 0.3) is 0 Å². The molecule has 0 aromatic carbocycles. The number of hydrogen-bond acceptors (Lipinski definition) is 6. The molecule has 0 aliphatic rings. The van der Waals surface area contributed by atoms with Crippen LogP contribution in [0.15, 0.2) is 0 Å². The zero-order valence-corrected chi connectivity index (χ0v) is 8.68. The Kier molecular flexibility index (Phi) is 145. The molecule has 0 amide bonds. The zero-order chi connectivity index (χ0) is 8.12. The zero-order valence-electron chi connectivity index (χ0n) is 4.53. The van der Waals surface area contributed by atoms with E-state index >= 15 is 0 Å². The van der Waals surface area contributed by atoms with Crippen molar-refractivity contribution in [2.45, 2.75) is 0 Å². The molecule has 0 aliphatic carbocycles. The van der Waals surface area contributed by atoms with E-state index in [2.05, 4.69) is 0 Å². The Hall–Kier alpha value is -0.0169. The summed E-state index contributed by atoms with van der Waals surface area (Å²) in [5.41, 5.74) is 0. The third kappa shape index (κ3) is 1370000. The molecule has 0 saturated heterocycles. The minimum atomic E-state index is -1.42. The van der Waals surface area contributed by atoms with Crippen molar-refractivity contribution in [3.05, 3.63) is 0 Å². The van der Waals surface area contributed by atoms with Gasteiger partial charge in [0.05, 0.1) is 0 Å². The monoisotopic (exact) mass is 207 g/mol. The van der Waals surface area contributed by atoms with E-state index in [0.717, 1.165) is 0 Å². The fourth-order valence-electron chi connectivity index (χ4n) is 0. The molecule has 0 saturated carbocycles. The maximum absolute atomic E-state index is 8.40. The Morgan fingerprint density at radius 2 is 0.700 bits per heavy atom. The van der Waals surface area contributed by atoms with E-state index in [9.17, 15) is 0 Å². The maximum atomic E-state index is 8.40. The van der Waals surface area contributed by atoms with Crippen molar-refractivity contribution in [3.8, 4) is 0 Å². The summed E-state index contributed by atoms with van der Waals surface area (Å²) in [6.45, 7) is 0. The van der Waals surface area contributed by atoms with E-state index < -0.39 is 28.9 Å². The largest absolute Gasteiger partial charge is 3.00 e. The number of hydrogen-bond donors (Lipinski definition) is 0. The minimum absolute atomic E-state index is 0. The second kappa shape index (κ2) is 64.3. The third-order valence-corrected chi connectivity index (χ3v) is 0. The summed E-state index contributed by atoms with van der Waals surface area (Å²) in [4.78, 5) is 25.2. The Morgan fingerprint density at radius 1 is 0.700 bits per heavy atom. The summed E-state index contributed by atoms with van der Waals surface area (Å²) < 4.78 is 25.2. The normalized spacial score (nSPS) is 3.60. The average molecular weight is 207 g/mol. The van der Waals surface area contributed by atoms with Gasteiger partial charge in [-0.05, 0) is 0 Å². The standard InChI is InChI=1S/Al.3O2Si/c;3*1-3-2/q+3;3*-1. The van der Waals surface area contributed by atoms with Crippen molar-refractivity contribution >= 4 is 46.3 Å². The van der Waals surface area contributed by atoms with Gasteiger partial charge in [-0.2, -0.15) is 0 Å². The molecular formula is AlO6Si3. The second-order valence-corrected chi connectivity index (χ2v) is 0.750. The molecular weight excluding hydrogens is 207 g/mol. The van der Waals surface area contributed by atoms with Crippen LogP contribution in [0.3, 0.4) is 0 Å². The van der Waals surface area contributed by atoms with Crippen molar-refractivity contribution in [2.75, 3.05) is 0 Å². The first kappa shape index (κ1) is 22.5. The van der Waals surface area contributed by atoms with Crippen LogP contribution in [0.5, 0.6) is 0 Å². The minimum Gasteiger partial charge on any atom is -0.585 e. The molecule has 0 aliphatic heterocycles. The molecule has 51 valence electrons. The fraction of sp³-hybridized carbons (Fsp3) is 0. The predicted octanol–water partition coefficient (Wildman–Crippen LogP) is -5.45. The SMILES string of the molecule is O=[Si][O-].O=[Si][O-].O=[Si][O-].[Al+3]. The van der Waals surface area contributed by atoms with E-state index in [1.165, 1.54) is 0 Å². The van der Waals surface area contributed by atoms with Crippen LogP contribution < -0.4 is 14.4 Å². The predicted molar refractivity (Wildman–Crippen MR) is 25.1 cm³/mol.